The van der Waals surface area contributed by atoms with E-state index in [0.717, 1.165) is 69.5 Å². The maximum absolute atomic E-state index is 12.7. The first kappa shape index (κ1) is 18.7. The molecular formula is C19H31N5O2. The first-order valence-electron chi connectivity index (χ1n) is 10.0. The number of carbonyl (C=O) groups excluding carboxylic acids is 2. The molecule has 2 aliphatic rings. The van der Waals surface area contributed by atoms with Gasteiger partial charge in [-0.25, -0.2) is 4.79 Å². The lowest BCUT2D eigenvalue weighted by Crippen LogP contribution is -2.47. The maximum Gasteiger partial charge on any atom is 0.319 e. The van der Waals surface area contributed by atoms with Crippen LogP contribution in [0.5, 0.6) is 0 Å². The van der Waals surface area contributed by atoms with Crippen LogP contribution in [0, 0.1) is 5.92 Å². The van der Waals surface area contributed by atoms with E-state index in [0.29, 0.717) is 6.54 Å². The molecule has 1 aliphatic carbocycles. The maximum atomic E-state index is 12.7. The first-order valence-corrected chi connectivity index (χ1v) is 10.0. The van der Waals surface area contributed by atoms with Gasteiger partial charge in [0.1, 0.15) is 0 Å². The molecule has 0 spiro atoms. The van der Waals surface area contributed by atoms with Crippen molar-refractivity contribution in [3.05, 3.63) is 11.9 Å². The molecule has 7 heteroatoms. The highest BCUT2D eigenvalue weighted by molar-refractivity contribution is 5.93. The van der Waals surface area contributed by atoms with Crippen LogP contribution < -0.4 is 5.32 Å². The van der Waals surface area contributed by atoms with Gasteiger partial charge in [-0.2, -0.15) is 5.10 Å². The number of hydrogen-bond acceptors (Lipinski definition) is 3. The van der Waals surface area contributed by atoms with Crippen LogP contribution in [-0.4, -0.2) is 58.1 Å². The Morgan fingerprint density at radius 3 is 2.65 bits per heavy atom. The lowest BCUT2D eigenvalue weighted by Gasteiger charge is -2.35. The van der Waals surface area contributed by atoms with Crippen molar-refractivity contribution in [3.8, 4) is 0 Å². The average Bonchev–Trinajstić information content (AvgIpc) is 3.34. The van der Waals surface area contributed by atoms with Crippen LogP contribution in [0.15, 0.2) is 6.20 Å². The van der Waals surface area contributed by atoms with Gasteiger partial charge in [0.05, 0.1) is 17.6 Å². The first-order chi connectivity index (χ1) is 12.6. The molecule has 0 radical (unpaired) electrons. The molecule has 1 saturated heterocycles. The fourth-order valence-electron chi connectivity index (χ4n) is 4.21. The number of aromatic nitrogens is 2. The molecule has 1 saturated carbocycles. The lowest BCUT2D eigenvalue weighted by molar-refractivity contribution is -0.119. The van der Waals surface area contributed by atoms with E-state index in [1.165, 1.54) is 0 Å². The second-order valence-electron chi connectivity index (χ2n) is 7.41. The zero-order valence-electron chi connectivity index (χ0n) is 16.0. The van der Waals surface area contributed by atoms with E-state index in [4.69, 9.17) is 0 Å². The molecule has 26 heavy (non-hydrogen) atoms. The third kappa shape index (κ3) is 4.02. The van der Waals surface area contributed by atoms with Crippen molar-refractivity contribution in [1.29, 1.82) is 0 Å². The van der Waals surface area contributed by atoms with Gasteiger partial charge in [-0.05, 0) is 39.5 Å². The van der Waals surface area contributed by atoms with Gasteiger partial charge in [0.25, 0.3) is 0 Å². The van der Waals surface area contributed by atoms with Crippen molar-refractivity contribution in [2.24, 2.45) is 5.92 Å². The molecule has 7 nitrogen and oxygen atoms in total. The van der Waals surface area contributed by atoms with Crippen LogP contribution >= 0.6 is 0 Å². The van der Waals surface area contributed by atoms with Gasteiger partial charge in [-0.3, -0.25) is 9.89 Å². The monoisotopic (exact) mass is 361 g/mol. The van der Waals surface area contributed by atoms with Gasteiger partial charge >= 0.3 is 6.03 Å². The zero-order valence-corrected chi connectivity index (χ0v) is 16.0. The number of anilines is 1. The Morgan fingerprint density at radius 1 is 1.23 bits per heavy atom. The highest BCUT2D eigenvalue weighted by Crippen LogP contribution is 2.32. The number of hydrogen-bond donors (Lipinski definition) is 2. The van der Waals surface area contributed by atoms with Crippen molar-refractivity contribution >= 4 is 17.6 Å². The number of urea groups is 1. The van der Waals surface area contributed by atoms with Crippen LogP contribution in [-0.2, 0) is 4.79 Å². The van der Waals surface area contributed by atoms with Crippen molar-refractivity contribution in [2.75, 3.05) is 31.5 Å². The van der Waals surface area contributed by atoms with Crippen molar-refractivity contribution in [2.45, 2.75) is 58.3 Å². The van der Waals surface area contributed by atoms with E-state index in [1.54, 1.807) is 6.20 Å². The van der Waals surface area contributed by atoms with E-state index in [9.17, 15) is 9.59 Å². The number of piperidine rings is 1. The van der Waals surface area contributed by atoms with Crippen LogP contribution in [0.3, 0.4) is 0 Å². The Labute approximate surface area is 155 Å². The molecule has 3 rings (SSSR count). The van der Waals surface area contributed by atoms with E-state index in [2.05, 4.69) is 15.5 Å². The summed E-state index contributed by atoms with van der Waals surface area (Å²) in [6.45, 7) is 6.93. The van der Waals surface area contributed by atoms with Gasteiger partial charge < -0.3 is 15.1 Å². The zero-order chi connectivity index (χ0) is 18.5. The highest BCUT2D eigenvalue weighted by atomic mass is 16.2. The summed E-state index contributed by atoms with van der Waals surface area (Å²) in [6, 6.07) is 0.107. The molecule has 0 bridgehead atoms. The van der Waals surface area contributed by atoms with Gasteiger partial charge in [0.2, 0.25) is 5.91 Å². The van der Waals surface area contributed by atoms with E-state index in [1.807, 2.05) is 23.6 Å². The third-order valence-corrected chi connectivity index (χ3v) is 5.79. The Bertz CT molecular complexity index is 619. The van der Waals surface area contributed by atoms with Gasteiger partial charge in [0.15, 0.2) is 0 Å². The second kappa shape index (κ2) is 8.56. The third-order valence-electron chi connectivity index (χ3n) is 5.79. The standard InChI is InChI=1S/C19H31N5O2/c1-3-23(4-2)19(26)24-11-7-10-15(13-24)17-16(12-20-22-17)21-18(25)14-8-5-6-9-14/h12,14-15H,3-11,13H2,1-2H3,(H,20,22)(H,21,25). The molecule has 1 aromatic rings. The number of rotatable bonds is 5. The molecule has 144 valence electrons. The van der Waals surface area contributed by atoms with Crippen molar-refractivity contribution in [3.63, 3.8) is 0 Å². The largest absolute Gasteiger partial charge is 0.325 e. The summed E-state index contributed by atoms with van der Waals surface area (Å²) in [6.07, 6.45) is 7.91. The van der Waals surface area contributed by atoms with E-state index < -0.39 is 0 Å². The fourth-order valence-corrected chi connectivity index (χ4v) is 4.21. The number of carbonyl (C=O) groups is 2. The summed E-state index contributed by atoms with van der Waals surface area (Å²) >= 11 is 0. The highest BCUT2D eigenvalue weighted by Gasteiger charge is 2.30. The SMILES string of the molecule is CCN(CC)C(=O)N1CCCC(c2[nH]ncc2NC(=O)C2CCCC2)C1. The van der Waals surface area contributed by atoms with Crippen molar-refractivity contribution < 1.29 is 9.59 Å². The molecule has 1 atom stereocenters. The molecule has 2 N–H and O–H groups in total. The molecule has 1 aromatic heterocycles. The summed E-state index contributed by atoms with van der Waals surface area (Å²) in [7, 11) is 0. The predicted molar refractivity (Wildman–Crippen MR) is 101 cm³/mol. The van der Waals surface area contributed by atoms with Crippen LogP contribution in [0.25, 0.3) is 0 Å². The molecule has 2 heterocycles. The Kier molecular flexibility index (Phi) is 6.16. The summed E-state index contributed by atoms with van der Waals surface area (Å²) < 4.78 is 0. The van der Waals surface area contributed by atoms with Crippen molar-refractivity contribution in [1.82, 2.24) is 20.0 Å². The van der Waals surface area contributed by atoms with Gasteiger partial charge in [-0.1, -0.05) is 12.8 Å². The van der Waals surface area contributed by atoms with Crippen LogP contribution in [0.1, 0.15) is 64.0 Å². The predicted octanol–water partition coefficient (Wildman–Crippen LogP) is 3.18. The lowest BCUT2D eigenvalue weighted by atomic mass is 9.94. The molecule has 1 unspecified atom stereocenters. The van der Waals surface area contributed by atoms with Crippen LogP contribution in [0.2, 0.25) is 0 Å². The number of nitrogens with zero attached hydrogens (tertiary/aromatic N) is 3. The molecule has 3 amide bonds. The minimum absolute atomic E-state index is 0.107. The molecule has 2 fully saturated rings. The smallest absolute Gasteiger partial charge is 0.319 e. The second-order valence-corrected chi connectivity index (χ2v) is 7.41. The van der Waals surface area contributed by atoms with Gasteiger partial charge in [0, 0.05) is 38.0 Å². The average molecular weight is 361 g/mol. The minimum Gasteiger partial charge on any atom is -0.325 e. The number of amides is 3. The summed E-state index contributed by atoms with van der Waals surface area (Å²) in [5.41, 5.74) is 1.73. The van der Waals surface area contributed by atoms with Crippen LogP contribution in [0.4, 0.5) is 10.5 Å². The summed E-state index contributed by atoms with van der Waals surface area (Å²) in [5, 5.41) is 10.3. The van der Waals surface area contributed by atoms with E-state index >= 15 is 0 Å². The summed E-state index contributed by atoms with van der Waals surface area (Å²) in [4.78, 5) is 28.9. The number of nitrogens with one attached hydrogen (secondary N) is 2. The van der Waals surface area contributed by atoms with Gasteiger partial charge in [-0.15, -0.1) is 0 Å². The number of likely N-dealkylation sites (tertiary alicyclic amines) is 1. The minimum atomic E-state index is 0.107. The molecular weight excluding hydrogens is 330 g/mol. The molecule has 1 aliphatic heterocycles. The summed E-state index contributed by atoms with van der Waals surface area (Å²) in [5.74, 6) is 0.423. The molecule has 0 aromatic carbocycles. The Balaban J connectivity index is 1.66. The quantitative estimate of drug-likeness (QED) is 0.845. The number of H-pyrrole nitrogens is 1. The Hall–Kier alpha value is -2.05. The normalized spacial score (nSPS) is 21.0. The Morgan fingerprint density at radius 2 is 1.96 bits per heavy atom. The fraction of sp³-hybridized carbons (Fsp3) is 0.737. The number of aromatic amines is 1. The topological polar surface area (TPSA) is 81.3 Å². The van der Waals surface area contributed by atoms with E-state index in [-0.39, 0.29) is 23.8 Å².